The minimum absolute atomic E-state index is 0.0700. The van der Waals surface area contributed by atoms with Crippen molar-refractivity contribution in [2.45, 2.75) is 296 Å². The summed E-state index contributed by atoms with van der Waals surface area (Å²) in [5.74, 6) is -0.0700. The Kier molecular flexibility index (Phi) is 48.8. The molecule has 0 saturated heterocycles. The van der Waals surface area contributed by atoms with Gasteiger partial charge in [0.05, 0.1) is 18.8 Å². The fraction of sp³-hybridized carbons (Fsp3) is 0.870. The normalized spacial score (nSPS) is 13.1. The van der Waals surface area contributed by atoms with Crippen molar-refractivity contribution >= 4 is 5.91 Å². The lowest BCUT2D eigenvalue weighted by molar-refractivity contribution is -0.123. The predicted molar refractivity (Wildman–Crippen MR) is 258 cm³/mol. The molecule has 0 aromatic rings. The average molecular weight is 814 g/mol. The van der Waals surface area contributed by atoms with Gasteiger partial charge in [0.2, 0.25) is 5.91 Å². The maximum absolute atomic E-state index is 12.4. The molecule has 342 valence electrons. The summed E-state index contributed by atoms with van der Waals surface area (Å²) in [5, 5.41) is 23.0. The molecule has 0 aliphatic heterocycles. The van der Waals surface area contributed by atoms with E-state index in [9.17, 15) is 15.0 Å². The van der Waals surface area contributed by atoms with E-state index in [1.54, 1.807) is 6.08 Å². The number of carbonyl (C=O) groups is 1. The monoisotopic (exact) mass is 814 g/mol. The van der Waals surface area contributed by atoms with E-state index in [1.807, 2.05) is 6.08 Å². The summed E-state index contributed by atoms with van der Waals surface area (Å²) < 4.78 is 0. The number of aliphatic hydroxyl groups excluding tert-OH is 2. The van der Waals surface area contributed by atoms with Gasteiger partial charge in [-0.3, -0.25) is 4.79 Å². The van der Waals surface area contributed by atoms with E-state index in [0.29, 0.717) is 6.42 Å². The van der Waals surface area contributed by atoms with Crippen molar-refractivity contribution < 1.29 is 15.0 Å². The zero-order valence-corrected chi connectivity index (χ0v) is 39.3. The summed E-state index contributed by atoms with van der Waals surface area (Å²) in [5.41, 5.74) is 0. The second-order valence-corrected chi connectivity index (χ2v) is 17.9. The molecule has 0 aromatic heterocycles. The minimum Gasteiger partial charge on any atom is -0.394 e. The number of unbranched alkanes of at least 4 members (excludes halogenated alkanes) is 37. The zero-order chi connectivity index (χ0) is 42.1. The highest BCUT2D eigenvalue weighted by atomic mass is 16.3. The van der Waals surface area contributed by atoms with E-state index in [4.69, 9.17) is 0 Å². The second kappa shape index (κ2) is 50.0. The van der Waals surface area contributed by atoms with Gasteiger partial charge in [0.25, 0.3) is 0 Å². The summed E-state index contributed by atoms with van der Waals surface area (Å²) in [4.78, 5) is 12.4. The quantitative estimate of drug-likeness (QED) is 0.0423. The maximum Gasteiger partial charge on any atom is 0.220 e. The van der Waals surface area contributed by atoms with E-state index in [2.05, 4.69) is 43.5 Å². The SMILES string of the molecule is CCCCCCCCCC/C=C\CCCCCCCCCCCCCCCCCCCCCC(=O)NC(CO)C(O)/C=C/CC/C=C/CCCCCCCCCCC. The number of carbonyl (C=O) groups excluding carboxylic acids is 1. The smallest absolute Gasteiger partial charge is 0.220 e. The second-order valence-electron chi connectivity index (χ2n) is 17.9. The summed E-state index contributed by atoms with van der Waals surface area (Å²) in [7, 11) is 0. The fourth-order valence-electron chi connectivity index (χ4n) is 8.07. The van der Waals surface area contributed by atoms with Gasteiger partial charge in [-0.15, -0.1) is 0 Å². The van der Waals surface area contributed by atoms with Crippen LogP contribution in [0.2, 0.25) is 0 Å². The Morgan fingerprint density at radius 2 is 0.672 bits per heavy atom. The highest BCUT2D eigenvalue weighted by Crippen LogP contribution is 2.16. The lowest BCUT2D eigenvalue weighted by Gasteiger charge is -2.19. The van der Waals surface area contributed by atoms with Gasteiger partial charge in [-0.05, 0) is 57.8 Å². The van der Waals surface area contributed by atoms with Gasteiger partial charge in [-0.2, -0.15) is 0 Å². The lowest BCUT2D eigenvalue weighted by Crippen LogP contribution is -2.45. The molecule has 2 atom stereocenters. The molecule has 58 heavy (non-hydrogen) atoms. The Labute approximate surface area is 363 Å². The Hall–Kier alpha value is -1.39. The van der Waals surface area contributed by atoms with Crippen LogP contribution in [0.4, 0.5) is 0 Å². The average Bonchev–Trinajstić information content (AvgIpc) is 3.23. The van der Waals surface area contributed by atoms with Gasteiger partial charge in [0.15, 0.2) is 0 Å². The van der Waals surface area contributed by atoms with Crippen LogP contribution in [0.15, 0.2) is 36.5 Å². The number of aliphatic hydroxyl groups is 2. The van der Waals surface area contributed by atoms with E-state index in [-0.39, 0.29) is 12.5 Å². The van der Waals surface area contributed by atoms with E-state index >= 15 is 0 Å². The molecule has 0 bridgehead atoms. The number of nitrogens with one attached hydrogen (secondary N) is 1. The van der Waals surface area contributed by atoms with Crippen molar-refractivity contribution in [1.29, 1.82) is 0 Å². The zero-order valence-electron chi connectivity index (χ0n) is 39.3. The van der Waals surface area contributed by atoms with Gasteiger partial charge in [-0.25, -0.2) is 0 Å². The molecule has 0 radical (unpaired) electrons. The van der Waals surface area contributed by atoms with E-state index in [0.717, 1.165) is 32.1 Å². The summed E-state index contributed by atoms with van der Waals surface area (Å²) in [6, 6.07) is -0.636. The van der Waals surface area contributed by atoms with Gasteiger partial charge >= 0.3 is 0 Å². The van der Waals surface area contributed by atoms with Crippen LogP contribution in [-0.4, -0.2) is 34.9 Å². The number of hydrogen-bond acceptors (Lipinski definition) is 3. The van der Waals surface area contributed by atoms with Crippen LogP contribution < -0.4 is 5.32 Å². The predicted octanol–water partition coefficient (Wildman–Crippen LogP) is 16.9. The third kappa shape index (κ3) is 45.7. The first-order valence-corrected chi connectivity index (χ1v) is 26.2. The molecule has 3 N–H and O–H groups in total. The number of hydrogen-bond donors (Lipinski definition) is 3. The van der Waals surface area contributed by atoms with Crippen LogP contribution in [0.5, 0.6) is 0 Å². The first kappa shape index (κ1) is 56.6. The topological polar surface area (TPSA) is 69.6 Å². The lowest BCUT2D eigenvalue weighted by atomic mass is 10.0. The van der Waals surface area contributed by atoms with Crippen LogP contribution >= 0.6 is 0 Å². The fourth-order valence-corrected chi connectivity index (χ4v) is 8.07. The molecule has 1 amide bonds. The summed E-state index contributed by atoms with van der Waals surface area (Å²) in [6.45, 7) is 4.31. The van der Waals surface area contributed by atoms with E-state index < -0.39 is 12.1 Å². The van der Waals surface area contributed by atoms with Crippen LogP contribution in [-0.2, 0) is 4.79 Å². The first-order chi connectivity index (χ1) is 28.7. The molecule has 4 heteroatoms. The van der Waals surface area contributed by atoms with Gasteiger partial charge in [0.1, 0.15) is 0 Å². The highest BCUT2D eigenvalue weighted by molar-refractivity contribution is 5.76. The standard InChI is InChI=1S/C54H103NO3/c1-3-5-7-9-11-13-15-17-19-20-21-22-23-24-25-26-27-28-29-30-31-32-33-34-36-38-40-42-44-46-48-50-54(58)55-52(51-56)53(57)49-47-45-43-41-39-37-35-18-16-14-12-10-8-6-4-2/h20-21,39,41,47,49,52-53,56-57H,3-19,22-38,40,42-46,48,50-51H2,1-2H3,(H,55,58)/b21-20-,41-39+,49-47+. The Morgan fingerprint density at radius 1 is 0.397 bits per heavy atom. The molecule has 2 unspecified atom stereocenters. The molecule has 0 rings (SSSR count). The Bertz CT molecular complexity index is 882. The van der Waals surface area contributed by atoms with Crippen LogP contribution in [0.1, 0.15) is 284 Å². The third-order valence-corrected chi connectivity index (χ3v) is 12.1. The molecule has 0 aromatic carbocycles. The minimum atomic E-state index is -0.860. The largest absolute Gasteiger partial charge is 0.394 e. The summed E-state index contributed by atoms with van der Waals surface area (Å²) >= 11 is 0. The molecule has 0 saturated carbocycles. The maximum atomic E-state index is 12.4. The van der Waals surface area contributed by atoms with Gasteiger partial charge < -0.3 is 15.5 Å². The first-order valence-electron chi connectivity index (χ1n) is 26.2. The highest BCUT2D eigenvalue weighted by Gasteiger charge is 2.17. The Morgan fingerprint density at radius 3 is 1.00 bits per heavy atom. The third-order valence-electron chi connectivity index (χ3n) is 12.1. The molecule has 0 spiro atoms. The Balaban J connectivity index is 3.46. The van der Waals surface area contributed by atoms with Gasteiger partial charge in [0, 0.05) is 6.42 Å². The van der Waals surface area contributed by atoms with Crippen LogP contribution in [0.3, 0.4) is 0 Å². The van der Waals surface area contributed by atoms with E-state index in [1.165, 1.54) is 231 Å². The summed E-state index contributed by atoms with van der Waals surface area (Å²) in [6.07, 6.45) is 67.3. The van der Waals surface area contributed by atoms with Crippen molar-refractivity contribution in [3.63, 3.8) is 0 Å². The number of allylic oxidation sites excluding steroid dienone is 5. The molecular weight excluding hydrogens is 711 g/mol. The van der Waals surface area contributed by atoms with Gasteiger partial charge in [-0.1, -0.05) is 256 Å². The van der Waals surface area contributed by atoms with Crippen LogP contribution in [0.25, 0.3) is 0 Å². The molecule has 0 aliphatic rings. The van der Waals surface area contributed by atoms with Crippen molar-refractivity contribution in [1.82, 2.24) is 5.32 Å². The van der Waals surface area contributed by atoms with Crippen molar-refractivity contribution in [2.75, 3.05) is 6.61 Å². The number of amides is 1. The molecular formula is C54H103NO3. The number of rotatable bonds is 48. The molecule has 0 fully saturated rings. The van der Waals surface area contributed by atoms with Crippen molar-refractivity contribution in [2.24, 2.45) is 0 Å². The van der Waals surface area contributed by atoms with Crippen molar-refractivity contribution in [3.05, 3.63) is 36.5 Å². The molecule has 0 aliphatic carbocycles. The molecule has 4 nitrogen and oxygen atoms in total. The molecule has 0 heterocycles. The van der Waals surface area contributed by atoms with Crippen molar-refractivity contribution in [3.8, 4) is 0 Å². The van der Waals surface area contributed by atoms with Crippen LogP contribution in [0, 0.1) is 0 Å².